The predicted octanol–water partition coefficient (Wildman–Crippen LogP) is 0.724. The van der Waals surface area contributed by atoms with Gasteiger partial charge in [-0.05, 0) is 12.8 Å². The van der Waals surface area contributed by atoms with Gasteiger partial charge in [0, 0.05) is 44.5 Å². The third-order valence-electron chi connectivity index (χ3n) is 4.42. The zero-order valence-corrected chi connectivity index (χ0v) is 13.0. The van der Waals surface area contributed by atoms with Gasteiger partial charge < -0.3 is 24.3 Å². The zero-order valence-electron chi connectivity index (χ0n) is 13.0. The highest BCUT2D eigenvalue weighted by Gasteiger charge is 2.25. The van der Waals surface area contributed by atoms with Gasteiger partial charge in [0.25, 0.3) is 0 Å². The van der Waals surface area contributed by atoms with E-state index in [4.69, 9.17) is 9.47 Å². The molecule has 2 saturated heterocycles. The van der Waals surface area contributed by atoms with Crippen LogP contribution in [0.3, 0.4) is 0 Å². The summed E-state index contributed by atoms with van der Waals surface area (Å²) in [5.41, 5.74) is 1.26. The predicted molar refractivity (Wildman–Crippen MR) is 80.7 cm³/mol. The van der Waals surface area contributed by atoms with Gasteiger partial charge in [-0.25, -0.2) is 9.78 Å². The number of aryl methyl sites for hydroxylation is 1. The maximum atomic E-state index is 12.2. The van der Waals surface area contributed by atoms with Crippen molar-refractivity contribution in [3.05, 3.63) is 18.2 Å². The molecule has 0 saturated carbocycles. The largest absolute Gasteiger partial charge is 0.376 e. The third-order valence-corrected chi connectivity index (χ3v) is 4.42. The number of hydrogen-bond donors (Lipinski definition) is 1. The Morgan fingerprint density at radius 2 is 2.23 bits per heavy atom. The smallest absolute Gasteiger partial charge is 0.317 e. The summed E-state index contributed by atoms with van der Waals surface area (Å²) in [7, 11) is 2.02. The van der Waals surface area contributed by atoms with Crippen LogP contribution < -0.4 is 5.32 Å². The second-order valence-corrected chi connectivity index (χ2v) is 5.94. The Kier molecular flexibility index (Phi) is 4.94. The van der Waals surface area contributed by atoms with Crippen LogP contribution in [0.4, 0.5) is 4.79 Å². The molecule has 2 aliphatic heterocycles. The number of ether oxygens (including phenoxy) is 2. The normalized spacial score (nSPS) is 23.5. The highest BCUT2D eigenvalue weighted by atomic mass is 16.6. The first-order valence-electron chi connectivity index (χ1n) is 7.92. The van der Waals surface area contributed by atoms with E-state index < -0.39 is 0 Å². The van der Waals surface area contributed by atoms with Crippen LogP contribution in [0.25, 0.3) is 0 Å². The fourth-order valence-corrected chi connectivity index (χ4v) is 3.11. The van der Waals surface area contributed by atoms with E-state index in [2.05, 4.69) is 14.9 Å². The number of aromatic nitrogens is 2. The molecule has 2 fully saturated rings. The number of imidazole rings is 1. The van der Waals surface area contributed by atoms with Crippen LogP contribution in [-0.4, -0.2) is 66.0 Å². The van der Waals surface area contributed by atoms with E-state index in [-0.39, 0.29) is 12.1 Å². The Hall–Kier alpha value is -1.60. The number of rotatable bonds is 3. The van der Waals surface area contributed by atoms with E-state index in [0.717, 1.165) is 25.9 Å². The Balaban J connectivity index is 1.42. The van der Waals surface area contributed by atoms with Gasteiger partial charge >= 0.3 is 6.03 Å². The van der Waals surface area contributed by atoms with Crippen molar-refractivity contribution in [3.8, 4) is 0 Å². The first-order valence-corrected chi connectivity index (χ1v) is 7.92. The van der Waals surface area contributed by atoms with Gasteiger partial charge in [0.05, 0.1) is 32.3 Å². The van der Waals surface area contributed by atoms with Gasteiger partial charge in [-0.2, -0.15) is 0 Å². The molecule has 3 heterocycles. The van der Waals surface area contributed by atoms with Crippen LogP contribution in [0.1, 0.15) is 24.5 Å². The molecular weight excluding hydrogens is 284 g/mol. The van der Waals surface area contributed by atoms with Gasteiger partial charge in [0.2, 0.25) is 0 Å². The van der Waals surface area contributed by atoms with Crippen molar-refractivity contribution in [3.63, 3.8) is 0 Å². The van der Waals surface area contributed by atoms with Gasteiger partial charge in [-0.15, -0.1) is 0 Å². The number of piperidine rings is 1. The lowest BCUT2D eigenvalue weighted by molar-refractivity contribution is -0.0856. The first kappa shape index (κ1) is 15.3. The lowest BCUT2D eigenvalue weighted by Gasteiger charge is -2.32. The number of amides is 2. The van der Waals surface area contributed by atoms with E-state index >= 15 is 0 Å². The standard InChI is InChI=1S/C15H24N4O3/c1-18-11-16-9-14(18)12-2-4-19(5-3-12)15(20)17-8-13-10-21-6-7-22-13/h9,11-13H,2-8,10H2,1H3,(H,17,20). The number of nitrogens with zero attached hydrogens (tertiary/aromatic N) is 3. The SMILES string of the molecule is Cn1cncc1C1CCN(C(=O)NCC2COCCO2)CC1. The van der Waals surface area contributed by atoms with E-state index in [1.54, 1.807) is 0 Å². The summed E-state index contributed by atoms with van der Waals surface area (Å²) in [5.74, 6) is 0.492. The minimum atomic E-state index is -0.0234. The fraction of sp³-hybridized carbons (Fsp3) is 0.733. The molecule has 1 atom stereocenters. The molecule has 3 rings (SSSR count). The minimum Gasteiger partial charge on any atom is -0.376 e. The highest BCUT2D eigenvalue weighted by Crippen LogP contribution is 2.27. The van der Waals surface area contributed by atoms with Crippen LogP contribution in [0.5, 0.6) is 0 Å². The molecule has 1 aromatic heterocycles. The molecule has 22 heavy (non-hydrogen) atoms. The van der Waals surface area contributed by atoms with Crippen LogP contribution in [0.15, 0.2) is 12.5 Å². The molecule has 7 heteroatoms. The number of carbonyl (C=O) groups excluding carboxylic acids is 1. The number of likely N-dealkylation sites (tertiary alicyclic amines) is 1. The summed E-state index contributed by atoms with van der Waals surface area (Å²) >= 11 is 0. The molecule has 122 valence electrons. The Labute approximate surface area is 130 Å². The second kappa shape index (κ2) is 7.11. The van der Waals surface area contributed by atoms with Gasteiger partial charge in [-0.1, -0.05) is 0 Å². The fourth-order valence-electron chi connectivity index (χ4n) is 3.11. The maximum Gasteiger partial charge on any atom is 0.317 e. The van der Waals surface area contributed by atoms with Gasteiger partial charge in [-0.3, -0.25) is 0 Å². The van der Waals surface area contributed by atoms with Crippen LogP contribution >= 0.6 is 0 Å². The quantitative estimate of drug-likeness (QED) is 0.893. The van der Waals surface area contributed by atoms with E-state index in [1.165, 1.54) is 5.69 Å². The van der Waals surface area contributed by atoms with Crippen molar-refractivity contribution in [2.24, 2.45) is 7.05 Å². The minimum absolute atomic E-state index is 0.00219. The molecule has 1 aromatic rings. The van der Waals surface area contributed by atoms with Gasteiger partial charge in [0.1, 0.15) is 0 Å². The van der Waals surface area contributed by atoms with Crippen molar-refractivity contribution in [1.29, 1.82) is 0 Å². The summed E-state index contributed by atoms with van der Waals surface area (Å²) in [4.78, 5) is 18.3. The maximum absolute atomic E-state index is 12.2. The van der Waals surface area contributed by atoms with Crippen LogP contribution in [0.2, 0.25) is 0 Å². The molecule has 0 bridgehead atoms. The average Bonchev–Trinajstić information content (AvgIpc) is 3.00. The van der Waals surface area contributed by atoms with Gasteiger partial charge in [0.15, 0.2) is 0 Å². The molecule has 1 unspecified atom stereocenters. The van der Waals surface area contributed by atoms with Crippen molar-refractivity contribution in [2.45, 2.75) is 24.9 Å². The zero-order chi connectivity index (χ0) is 15.4. The number of carbonyl (C=O) groups is 1. The summed E-state index contributed by atoms with van der Waals surface area (Å²) in [6.45, 7) is 3.89. The van der Waals surface area contributed by atoms with E-state index in [9.17, 15) is 4.79 Å². The Morgan fingerprint density at radius 3 is 2.86 bits per heavy atom. The molecule has 0 radical (unpaired) electrons. The molecule has 7 nitrogen and oxygen atoms in total. The lowest BCUT2D eigenvalue weighted by atomic mass is 9.94. The Morgan fingerprint density at radius 1 is 1.41 bits per heavy atom. The number of hydrogen-bond acceptors (Lipinski definition) is 4. The molecular formula is C15H24N4O3. The number of urea groups is 1. The average molecular weight is 308 g/mol. The van der Waals surface area contributed by atoms with Crippen molar-refractivity contribution in [1.82, 2.24) is 19.8 Å². The summed E-state index contributed by atoms with van der Waals surface area (Å²) in [5, 5.41) is 2.95. The molecule has 2 amide bonds. The highest BCUT2D eigenvalue weighted by molar-refractivity contribution is 5.74. The first-order chi connectivity index (χ1) is 10.7. The van der Waals surface area contributed by atoms with Crippen LogP contribution in [0, 0.1) is 0 Å². The van der Waals surface area contributed by atoms with E-state index in [0.29, 0.717) is 32.3 Å². The molecule has 1 N–H and O–H groups in total. The van der Waals surface area contributed by atoms with E-state index in [1.807, 2.05) is 24.5 Å². The topological polar surface area (TPSA) is 68.6 Å². The molecule has 0 aliphatic carbocycles. The summed E-state index contributed by atoms with van der Waals surface area (Å²) < 4.78 is 12.9. The lowest BCUT2D eigenvalue weighted by Crippen LogP contribution is -2.47. The number of nitrogens with one attached hydrogen (secondary N) is 1. The van der Waals surface area contributed by atoms with Crippen LogP contribution in [-0.2, 0) is 16.5 Å². The Bertz CT molecular complexity index is 491. The van der Waals surface area contributed by atoms with Crippen molar-refractivity contribution >= 4 is 6.03 Å². The molecule has 0 aromatic carbocycles. The monoisotopic (exact) mass is 308 g/mol. The molecule has 2 aliphatic rings. The summed E-state index contributed by atoms with van der Waals surface area (Å²) in [6.07, 6.45) is 5.71. The van der Waals surface area contributed by atoms with Crippen molar-refractivity contribution < 1.29 is 14.3 Å². The van der Waals surface area contributed by atoms with Crippen molar-refractivity contribution in [2.75, 3.05) is 39.5 Å². The molecule has 0 spiro atoms. The summed E-state index contributed by atoms with van der Waals surface area (Å²) in [6, 6.07) is -0.00219. The second-order valence-electron chi connectivity index (χ2n) is 5.94. The third kappa shape index (κ3) is 3.59.